The molecule has 2 aromatic rings. The third-order valence-corrected chi connectivity index (χ3v) is 3.60. The zero-order valence-corrected chi connectivity index (χ0v) is 11.3. The van der Waals surface area contributed by atoms with Gasteiger partial charge in [-0.15, -0.1) is 0 Å². The molecule has 20 heavy (non-hydrogen) atoms. The minimum atomic E-state index is 0.0418. The third kappa shape index (κ3) is 2.82. The van der Waals surface area contributed by atoms with E-state index in [0.29, 0.717) is 6.54 Å². The number of H-pyrrole nitrogens is 1. The second kappa shape index (κ2) is 5.77. The van der Waals surface area contributed by atoms with Crippen LogP contribution >= 0.6 is 0 Å². The predicted octanol–water partition coefficient (Wildman–Crippen LogP) is 2.38. The van der Waals surface area contributed by atoms with Crippen LogP contribution in [0.15, 0.2) is 36.5 Å². The van der Waals surface area contributed by atoms with E-state index in [4.69, 9.17) is 0 Å². The average molecular weight is 270 g/mol. The molecule has 0 atom stereocenters. The van der Waals surface area contributed by atoms with Crippen molar-refractivity contribution in [1.82, 2.24) is 20.4 Å². The number of carbonyl (C=O) groups is 1. The van der Waals surface area contributed by atoms with E-state index in [0.717, 1.165) is 42.8 Å². The molecule has 0 unspecified atom stereocenters. The van der Waals surface area contributed by atoms with Gasteiger partial charge in [0, 0.05) is 25.8 Å². The monoisotopic (exact) mass is 270 g/mol. The molecule has 1 saturated heterocycles. The summed E-state index contributed by atoms with van der Waals surface area (Å²) in [4.78, 5) is 13.7. The molecule has 2 amide bonds. The zero-order chi connectivity index (χ0) is 13.8. The van der Waals surface area contributed by atoms with Crippen molar-refractivity contribution in [2.45, 2.75) is 19.4 Å². The molecule has 0 radical (unpaired) electrons. The largest absolute Gasteiger partial charge is 0.334 e. The first-order valence-electron chi connectivity index (χ1n) is 6.94. The number of rotatable bonds is 3. The lowest BCUT2D eigenvalue weighted by molar-refractivity contribution is 0.208. The van der Waals surface area contributed by atoms with Gasteiger partial charge in [-0.1, -0.05) is 24.3 Å². The quantitative estimate of drug-likeness (QED) is 0.899. The molecule has 0 bridgehead atoms. The van der Waals surface area contributed by atoms with Crippen LogP contribution in [-0.2, 0) is 6.54 Å². The molecule has 1 aromatic carbocycles. The molecule has 0 spiro atoms. The van der Waals surface area contributed by atoms with E-state index < -0.39 is 0 Å². The minimum absolute atomic E-state index is 0.0418. The number of hydrogen-bond donors (Lipinski definition) is 2. The molecule has 0 saturated carbocycles. The molecule has 1 aliphatic rings. The maximum absolute atomic E-state index is 11.9. The van der Waals surface area contributed by atoms with Crippen LogP contribution in [0.25, 0.3) is 11.3 Å². The van der Waals surface area contributed by atoms with Gasteiger partial charge < -0.3 is 10.2 Å². The van der Waals surface area contributed by atoms with Gasteiger partial charge in [-0.3, -0.25) is 5.10 Å². The number of nitrogens with zero attached hydrogens (tertiary/aromatic N) is 2. The number of urea groups is 1. The fraction of sp³-hybridized carbons (Fsp3) is 0.333. The summed E-state index contributed by atoms with van der Waals surface area (Å²) >= 11 is 0. The van der Waals surface area contributed by atoms with Gasteiger partial charge in [0.15, 0.2) is 0 Å². The van der Waals surface area contributed by atoms with Gasteiger partial charge in [-0.2, -0.15) is 5.10 Å². The van der Waals surface area contributed by atoms with Crippen LogP contribution in [0, 0.1) is 0 Å². The van der Waals surface area contributed by atoms with Crippen molar-refractivity contribution in [3.8, 4) is 11.3 Å². The first-order valence-corrected chi connectivity index (χ1v) is 6.94. The molecule has 2 heterocycles. The smallest absolute Gasteiger partial charge is 0.317 e. The van der Waals surface area contributed by atoms with Crippen LogP contribution in [-0.4, -0.2) is 34.2 Å². The van der Waals surface area contributed by atoms with E-state index in [1.54, 1.807) is 6.20 Å². The molecule has 2 N–H and O–H groups in total. The second-order valence-corrected chi connectivity index (χ2v) is 5.02. The van der Waals surface area contributed by atoms with Crippen molar-refractivity contribution < 1.29 is 4.79 Å². The Morgan fingerprint density at radius 1 is 1.20 bits per heavy atom. The Labute approximate surface area is 118 Å². The second-order valence-electron chi connectivity index (χ2n) is 5.02. The lowest BCUT2D eigenvalue weighted by atomic mass is 10.1. The van der Waals surface area contributed by atoms with Crippen LogP contribution in [0.2, 0.25) is 0 Å². The van der Waals surface area contributed by atoms with Crippen molar-refractivity contribution >= 4 is 6.03 Å². The highest BCUT2D eigenvalue weighted by Crippen LogP contribution is 2.16. The standard InChI is InChI=1S/C15H18N4O/c20-15(19-9-1-2-10-19)16-11-12-3-5-13(6-4-12)14-7-8-17-18-14/h3-8H,1-2,9-11H2,(H,16,20)(H,17,18). The lowest BCUT2D eigenvalue weighted by Gasteiger charge is -2.16. The molecular weight excluding hydrogens is 252 g/mol. The normalized spacial score (nSPS) is 14.5. The molecule has 1 fully saturated rings. The lowest BCUT2D eigenvalue weighted by Crippen LogP contribution is -2.37. The minimum Gasteiger partial charge on any atom is -0.334 e. The van der Waals surface area contributed by atoms with E-state index in [1.807, 2.05) is 35.2 Å². The summed E-state index contributed by atoms with van der Waals surface area (Å²) in [5.41, 5.74) is 3.19. The molecule has 3 rings (SSSR count). The summed E-state index contributed by atoms with van der Waals surface area (Å²) in [6.45, 7) is 2.33. The Morgan fingerprint density at radius 2 is 1.95 bits per heavy atom. The van der Waals surface area contributed by atoms with E-state index >= 15 is 0 Å². The first kappa shape index (κ1) is 12.7. The van der Waals surface area contributed by atoms with Crippen molar-refractivity contribution in [1.29, 1.82) is 0 Å². The number of carbonyl (C=O) groups excluding carboxylic acids is 1. The van der Waals surface area contributed by atoms with E-state index in [9.17, 15) is 4.79 Å². The Balaban J connectivity index is 1.57. The summed E-state index contributed by atoms with van der Waals surface area (Å²) in [5, 5.41) is 9.83. The van der Waals surface area contributed by atoms with Crippen molar-refractivity contribution in [3.05, 3.63) is 42.1 Å². The highest BCUT2D eigenvalue weighted by Gasteiger charge is 2.16. The maximum Gasteiger partial charge on any atom is 0.317 e. The number of nitrogens with one attached hydrogen (secondary N) is 2. The van der Waals surface area contributed by atoms with Crippen molar-refractivity contribution in [3.63, 3.8) is 0 Å². The highest BCUT2D eigenvalue weighted by molar-refractivity contribution is 5.74. The van der Waals surface area contributed by atoms with Gasteiger partial charge >= 0.3 is 6.03 Å². The van der Waals surface area contributed by atoms with Gasteiger partial charge in [0.1, 0.15) is 0 Å². The van der Waals surface area contributed by atoms with Crippen molar-refractivity contribution in [2.24, 2.45) is 0 Å². The molecule has 104 valence electrons. The van der Waals surface area contributed by atoms with Gasteiger partial charge in [-0.25, -0.2) is 4.79 Å². The molecule has 0 aliphatic carbocycles. The molecule has 5 nitrogen and oxygen atoms in total. The highest BCUT2D eigenvalue weighted by atomic mass is 16.2. The summed E-state index contributed by atoms with van der Waals surface area (Å²) in [6.07, 6.45) is 3.97. The van der Waals surface area contributed by atoms with Gasteiger partial charge in [-0.05, 0) is 30.0 Å². The van der Waals surface area contributed by atoms with E-state index in [2.05, 4.69) is 15.5 Å². The Morgan fingerprint density at radius 3 is 2.60 bits per heavy atom. The van der Waals surface area contributed by atoms with E-state index in [-0.39, 0.29) is 6.03 Å². The maximum atomic E-state index is 11.9. The third-order valence-electron chi connectivity index (χ3n) is 3.60. The van der Waals surface area contributed by atoms with Crippen LogP contribution in [0.4, 0.5) is 4.79 Å². The molecule has 1 aromatic heterocycles. The van der Waals surface area contributed by atoms with Gasteiger partial charge in [0.2, 0.25) is 0 Å². The summed E-state index contributed by atoms with van der Waals surface area (Å²) in [6, 6.07) is 10.1. The Kier molecular flexibility index (Phi) is 3.67. The van der Waals surface area contributed by atoms with Crippen LogP contribution in [0.5, 0.6) is 0 Å². The summed E-state index contributed by atoms with van der Waals surface area (Å²) < 4.78 is 0. The van der Waals surface area contributed by atoms with Crippen molar-refractivity contribution in [2.75, 3.05) is 13.1 Å². The SMILES string of the molecule is O=C(NCc1ccc(-c2ccn[nH]2)cc1)N1CCCC1. The topological polar surface area (TPSA) is 61.0 Å². The Hall–Kier alpha value is -2.30. The summed E-state index contributed by atoms with van der Waals surface area (Å²) in [5.74, 6) is 0. The Bertz CT molecular complexity index is 556. The first-order chi connectivity index (χ1) is 9.83. The van der Waals surface area contributed by atoms with Gasteiger partial charge in [0.25, 0.3) is 0 Å². The zero-order valence-electron chi connectivity index (χ0n) is 11.3. The van der Waals surface area contributed by atoms with Crippen LogP contribution < -0.4 is 5.32 Å². The van der Waals surface area contributed by atoms with Crippen LogP contribution in [0.1, 0.15) is 18.4 Å². The summed E-state index contributed by atoms with van der Waals surface area (Å²) in [7, 11) is 0. The fourth-order valence-electron chi connectivity index (χ4n) is 2.43. The number of aromatic nitrogens is 2. The number of likely N-dealkylation sites (tertiary alicyclic amines) is 1. The fourth-order valence-corrected chi connectivity index (χ4v) is 2.43. The molecule has 5 heteroatoms. The number of amides is 2. The predicted molar refractivity (Wildman–Crippen MR) is 77.1 cm³/mol. The van der Waals surface area contributed by atoms with Gasteiger partial charge in [0.05, 0.1) is 5.69 Å². The molecular formula is C15H18N4O. The molecule has 1 aliphatic heterocycles. The number of aromatic amines is 1. The van der Waals surface area contributed by atoms with E-state index in [1.165, 1.54) is 0 Å². The number of benzene rings is 1. The van der Waals surface area contributed by atoms with Crippen LogP contribution in [0.3, 0.4) is 0 Å². The number of hydrogen-bond acceptors (Lipinski definition) is 2. The average Bonchev–Trinajstić information content (AvgIpc) is 3.18.